The first-order chi connectivity index (χ1) is 10.3. The summed E-state index contributed by atoms with van der Waals surface area (Å²) < 4.78 is 16.7. The van der Waals surface area contributed by atoms with Gasteiger partial charge in [0.2, 0.25) is 0 Å². The molecule has 1 N–H and O–H groups in total. The van der Waals surface area contributed by atoms with E-state index in [1.807, 2.05) is 24.3 Å². The molecule has 4 nitrogen and oxygen atoms in total. The van der Waals surface area contributed by atoms with E-state index in [9.17, 15) is 0 Å². The summed E-state index contributed by atoms with van der Waals surface area (Å²) in [5, 5.41) is 3.51. The van der Waals surface area contributed by atoms with Crippen LogP contribution in [-0.2, 0) is 4.74 Å². The van der Waals surface area contributed by atoms with Gasteiger partial charge in [-0.05, 0) is 56.5 Å². The summed E-state index contributed by atoms with van der Waals surface area (Å²) in [6.07, 6.45) is 5.15. The maximum Gasteiger partial charge on any atom is 0.119 e. The van der Waals surface area contributed by atoms with Crippen LogP contribution < -0.4 is 14.8 Å². The second kappa shape index (κ2) is 8.90. The Morgan fingerprint density at radius 3 is 2.29 bits per heavy atom. The second-order valence-electron chi connectivity index (χ2n) is 5.43. The molecule has 1 aromatic rings. The standard InChI is InChI=1S/C17H27NO3/c1-3-18-14-4-6-16(7-5-14)20-12-13-21-17-10-8-15(19-2)9-11-17/h8-11,14,16,18H,3-7,12-13H2,1-2H3. The van der Waals surface area contributed by atoms with Crippen LogP contribution in [-0.4, -0.2) is 39.0 Å². The van der Waals surface area contributed by atoms with Crippen LogP contribution in [0.25, 0.3) is 0 Å². The number of benzene rings is 1. The molecule has 1 aromatic carbocycles. The number of rotatable bonds is 8. The molecule has 1 fully saturated rings. The summed E-state index contributed by atoms with van der Waals surface area (Å²) in [6, 6.07) is 8.32. The Morgan fingerprint density at radius 2 is 1.67 bits per heavy atom. The van der Waals surface area contributed by atoms with Crippen LogP contribution in [0.4, 0.5) is 0 Å². The molecule has 0 spiro atoms. The molecular weight excluding hydrogens is 266 g/mol. The summed E-state index contributed by atoms with van der Waals surface area (Å²) >= 11 is 0. The monoisotopic (exact) mass is 293 g/mol. The number of hydrogen-bond acceptors (Lipinski definition) is 4. The first kappa shape index (κ1) is 16.1. The van der Waals surface area contributed by atoms with Gasteiger partial charge in [0.25, 0.3) is 0 Å². The maximum atomic E-state index is 5.90. The van der Waals surface area contributed by atoms with Gasteiger partial charge in [-0.25, -0.2) is 0 Å². The Labute approximate surface area is 127 Å². The number of nitrogens with one attached hydrogen (secondary N) is 1. The number of methoxy groups -OCH3 is 1. The molecule has 0 saturated heterocycles. The Morgan fingerprint density at radius 1 is 1.00 bits per heavy atom. The molecule has 0 radical (unpaired) electrons. The highest BCUT2D eigenvalue weighted by Crippen LogP contribution is 2.21. The average Bonchev–Trinajstić information content (AvgIpc) is 2.54. The van der Waals surface area contributed by atoms with Gasteiger partial charge in [-0.1, -0.05) is 6.92 Å². The van der Waals surface area contributed by atoms with Crippen molar-refractivity contribution in [3.05, 3.63) is 24.3 Å². The van der Waals surface area contributed by atoms with Crippen molar-refractivity contribution < 1.29 is 14.2 Å². The van der Waals surface area contributed by atoms with Crippen LogP contribution in [0.5, 0.6) is 11.5 Å². The molecule has 118 valence electrons. The third-order valence-electron chi connectivity index (χ3n) is 3.93. The van der Waals surface area contributed by atoms with Crippen LogP contribution in [0.1, 0.15) is 32.6 Å². The fraction of sp³-hybridized carbons (Fsp3) is 0.647. The molecule has 1 aliphatic rings. The van der Waals surface area contributed by atoms with E-state index in [-0.39, 0.29) is 0 Å². The van der Waals surface area contributed by atoms with Gasteiger partial charge in [0.1, 0.15) is 18.1 Å². The normalized spacial score (nSPS) is 22.0. The molecule has 1 aliphatic carbocycles. The van der Waals surface area contributed by atoms with E-state index in [0.29, 0.717) is 25.4 Å². The third-order valence-corrected chi connectivity index (χ3v) is 3.93. The minimum Gasteiger partial charge on any atom is -0.497 e. The first-order valence-corrected chi connectivity index (χ1v) is 7.93. The van der Waals surface area contributed by atoms with Gasteiger partial charge in [0.05, 0.1) is 19.8 Å². The van der Waals surface area contributed by atoms with Crippen molar-refractivity contribution in [3.63, 3.8) is 0 Å². The number of ether oxygens (including phenoxy) is 3. The quantitative estimate of drug-likeness (QED) is 0.748. The molecule has 0 atom stereocenters. The van der Waals surface area contributed by atoms with Crippen molar-refractivity contribution >= 4 is 0 Å². The summed E-state index contributed by atoms with van der Waals surface area (Å²) in [4.78, 5) is 0. The average molecular weight is 293 g/mol. The lowest BCUT2D eigenvalue weighted by Crippen LogP contribution is -2.35. The van der Waals surface area contributed by atoms with Crippen molar-refractivity contribution in [1.82, 2.24) is 5.32 Å². The van der Waals surface area contributed by atoms with Crippen LogP contribution in [0.2, 0.25) is 0 Å². The number of hydrogen-bond donors (Lipinski definition) is 1. The van der Waals surface area contributed by atoms with Crippen LogP contribution >= 0.6 is 0 Å². The van der Waals surface area contributed by atoms with Crippen molar-refractivity contribution in [2.75, 3.05) is 26.9 Å². The molecule has 2 rings (SSSR count). The van der Waals surface area contributed by atoms with Crippen molar-refractivity contribution in [1.29, 1.82) is 0 Å². The Balaban J connectivity index is 1.57. The zero-order chi connectivity index (χ0) is 14.9. The minimum atomic E-state index is 0.402. The molecule has 4 heteroatoms. The van der Waals surface area contributed by atoms with Gasteiger partial charge in [-0.15, -0.1) is 0 Å². The zero-order valence-corrected chi connectivity index (χ0v) is 13.1. The minimum absolute atomic E-state index is 0.402. The topological polar surface area (TPSA) is 39.7 Å². The van der Waals surface area contributed by atoms with Gasteiger partial charge in [0.15, 0.2) is 0 Å². The van der Waals surface area contributed by atoms with Gasteiger partial charge in [-0.2, -0.15) is 0 Å². The molecule has 0 amide bonds. The lowest BCUT2D eigenvalue weighted by molar-refractivity contribution is 0.00812. The maximum absolute atomic E-state index is 5.90. The zero-order valence-electron chi connectivity index (χ0n) is 13.1. The van der Waals surface area contributed by atoms with Crippen molar-refractivity contribution in [2.45, 2.75) is 44.8 Å². The smallest absolute Gasteiger partial charge is 0.119 e. The largest absolute Gasteiger partial charge is 0.497 e. The fourth-order valence-corrected chi connectivity index (χ4v) is 2.77. The van der Waals surface area contributed by atoms with Gasteiger partial charge >= 0.3 is 0 Å². The predicted octanol–water partition coefficient (Wildman–Crippen LogP) is 3.01. The van der Waals surface area contributed by atoms with Crippen LogP contribution in [0, 0.1) is 0 Å². The summed E-state index contributed by atoms with van der Waals surface area (Å²) in [5.41, 5.74) is 0. The van der Waals surface area contributed by atoms with E-state index in [2.05, 4.69) is 12.2 Å². The first-order valence-electron chi connectivity index (χ1n) is 7.93. The lowest BCUT2D eigenvalue weighted by Gasteiger charge is -2.28. The fourth-order valence-electron chi connectivity index (χ4n) is 2.77. The van der Waals surface area contributed by atoms with Gasteiger partial charge in [0, 0.05) is 6.04 Å². The van der Waals surface area contributed by atoms with E-state index < -0.39 is 0 Å². The highest BCUT2D eigenvalue weighted by molar-refractivity contribution is 5.31. The molecule has 0 unspecified atom stereocenters. The summed E-state index contributed by atoms with van der Waals surface area (Å²) in [6.45, 7) is 4.48. The van der Waals surface area contributed by atoms with Gasteiger partial charge in [-0.3, -0.25) is 0 Å². The van der Waals surface area contributed by atoms with Crippen LogP contribution in [0.15, 0.2) is 24.3 Å². The molecular formula is C17H27NO3. The van der Waals surface area contributed by atoms with E-state index in [0.717, 1.165) is 30.9 Å². The van der Waals surface area contributed by atoms with Crippen LogP contribution in [0.3, 0.4) is 0 Å². The van der Waals surface area contributed by atoms with Gasteiger partial charge < -0.3 is 19.5 Å². The molecule has 0 aliphatic heterocycles. The Hall–Kier alpha value is -1.26. The lowest BCUT2D eigenvalue weighted by atomic mass is 9.93. The predicted molar refractivity (Wildman–Crippen MR) is 84.2 cm³/mol. The highest BCUT2D eigenvalue weighted by Gasteiger charge is 2.20. The van der Waals surface area contributed by atoms with Crippen molar-refractivity contribution in [2.24, 2.45) is 0 Å². The summed E-state index contributed by atoms with van der Waals surface area (Å²) in [7, 11) is 1.66. The summed E-state index contributed by atoms with van der Waals surface area (Å²) in [5.74, 6) is 1.70. The van der Waals surface area contributed by atoms with E-state index >= 15 is 0 Å². The molecule has 0 aromatic heterocycles. The molecule has 0 heterocycles. The molecule has 21 heavy (non-hydrogen) atoms. The third kappa shape index (κ3) is 5.56. The second-order valence-corrected chi connectivity index (χ2v) is 5.43. The Kier molecular flexibility index (Phi) is 6.83. The molecule has 1 saturated carbocycles. The SMILES string of the molecule is CCNC1CCC(OCCOc2ccc(OC)cc2)CC1. The van der Waals surface area contributed by atoms with E-state index in [4.69, 9.17) is 14.2 Å². The Bertz CT molecular complexity index is 386. The van der Waals surface area contributed by atoms with Crippen molar-refractivity contribution in [3.8, 4) is 11.5 Å². The van der Waals surface area contributed by atoms with E-state index in [1.165, 1.54) is 12.8 Å². The molecule has 0 bridgehead atoms. The van der Waals surface area contributed by atoms with E-state index in [1.54, 1.807) is 7.11 Å². The highest BCUT2D eigenvalue weighted by atomic mass is 16.5.